The van der Waals surface area contributed by atoms with Crippen LogP contribution < -0.4 is 0 Å². The molecule has 5 heteroatoms. The van der Waals surface area contributed by atoms with E-state index in [1.54, 1.807) is 4.90 Å². The van der Waals surface area contributed by atoms with E-state index in [0.29, 0.717) is 18.8 Å². The first-order chi connectivity index (χ1) is 9.72. The van der Waals surface area contributed by atoms with Crippen LogP contribution in [0.25, 0.3) is 11.3 Å². The zero-order valence-electron chi connectivity index (χ0n) is 11.5. The fraction of sp³-hybridized carbons (Fsp3) is 0.267. The molecule has 0 aliphatic rings. The molecule has 1 heterocycles. The molecule has 1 aromatic heterocycles. The molecule has 0 atom stereocenters. The van der Waals surface area contributed by atoms with Crippen molar-refractivity contribution in [3.05, 3.63) is 41.6 Å². The second-order valence-corrected chi connectivity index (χ2v) is 4.19. The van der Waals surface area contributed by atoms with Crippen molar-refractivity contribution in [2.75, 3.05) is 13.1 Å². The lowest BCUT2D eigenvalue weighted by Crippen LogP contribution is -2.31. The van der Waals surface area contributed by atoms with E-state index in [4.69, 9.17) is 4.52 Å². The minimum Gasteiger partial charge on any atom is -0.354 e. The number of hydrogen-bond acceptors (Lipinski definition) is 4. The standard InChI is InChI=1S/C15H15N3O2/c1-3-18(4-2)15(19)13-12(10-16)14(20-17-13)11-8-6-5-7-9-11/h5-9H,3-4H2,1-2H3. The molecule has 0 aliphatic carbocycles. The van der Waals surface area contributed by atoms with Gasteiger partial charge in [0.2, 0.25) is 0 Å². The molecule has 20 heavy (non-hydrogen) atoms. The maximum absolute atomic E-state index is 12.3. The molecule has 5 nitrogen and oxygen atoms in total. The summed E-state index contributed by atoms with van der Waals surface area (Å²) >= 11 is 0. The highest BCUT2D eigenvalue weighted by Crippen LogP contribution is 2.26. The lowest BCUT2D eigenvalue weighted by Gasteiger charge is -2.16. The Balaban J connectivity index is 2.46. The highest BCUT2D eigenvalue weighted by Gasteiger charge is 2.25. The van der Waals surface area contributed by atoms with Gasteiger partial charge in [0.05, 0.1) is 0 Å². The second-order valence-electron chi connectivity index (χ2n) is 4.19. The van der Waals surface area contributed by atoms with Crippen molar-refractivity contribution in [3.8, 4) is 17.4 Å². The third-order valence-corrected chi connectivity index (χ3v) is 3.09. The molecule has 1 amide bonds. The first kappa shape index (κ1) is 13.8. The number of carbonyl (C=O) groups excluding carboxylic acids is 1. The van der Waals surface area contributed by atoms with Crippen LogP contribution in [-0.2, 0) is 0 Å². The molecule has 0 bridgehead atoms. The number of amides is 1. The van der Waals surface area contributed by atoms with Gasteiger partial charge in [0.1, 0.15) is 11.6 Å². The van der Waals surface area contributed by atoms with E-state index in [-0.39, 0.29) is 17.2 Å². The molecule has 0 N–H and O–H groups in total. The molecule has 0 radical (unpaired) electrons. The van der Waals surface area contributed by atoms with E-state index < -0.39 is 0 Å². The summed E-state index contributed by atoms with van der Waals surface area (Å²) < 4.78 is 5.21. The zero-order valence-corrected chi connectivity index (χ0v) is 11.5. The van der Waals surface area contributed by atoms with Gasteiger partial charge >= 0.3 is 0 Å². The molecule has 0 unspecified atom stereocenters. The van der Waals surface area contributed by atoms with E-state index in [0.717, 1.165) is 5.56 Å². The molecule has 0 saturated carbocycles. The monoisotopic (exact) mass is 269 g/mol. The van der Waals surface area contributed by atoms with Crippen LogP contribution in [0.15, 0.2) is 34.9 Å². The average Bonchev–Trinajstić information content (AvgIpc) is 2.93. The van der Waals surface area contributed by atoms with Gasteiger partial charge in [-0.1, -0.05) is 35.5 Å². The summed E-state index contributed by atoms with van der Waals surface area (Å²) in [6.07, 6.45) is 0. The van der Waals surface area contributed by atoms with Crippen molar-refractivity contribution in [1.29, 1.82) is 5.26 Å². The Morgan fingerprint density at radius 3 is 2.50 bits per heavy atom. The van der Waals surface area contributed by atoms with Crippen molar-refractivity contribution in [2.24, 2.45) is 0 Å². The molecule has 2 aromatic rings. The lowest BCUT2D eigenvalue weighted by atomic mass is 10.1. The number of rotatable bonds is 4. The Bertz CT molecular complexity index is 637. The highest BCUT2D eigenvalue weighted by atomic mass is 16.5. The van der Waals surface area contributed by atoms with Gasteiger partial charge in [-0.3, -0.25) is 4.79 Å². The van der Waals surface area contributed by atoms with Gasteiger partial charge in [-0.15, -0.1) is 0 Å². The quantitative estimate of drug-likeness (QED) is 0.855. The Morgan fingerprint density at radius 1 is 1.30 bits per heavy atom. The summed E-state index contributed by atoms with van der Waals surface area (Å²) in [6.45, 7) is 4.89. The van der Waals surface area contributed by atoms with E-state index in [9.17, 15) is 10.1 Å². The number of carbonyl (C=O) groups is 1. The van der Waals surface area contributed by atoms with E-state index >= 15 is 0 Å². The van der Waals surface area contributed by atoms with E-state index in [2.05, 4.69) is 5.16 Å². The average molecular weight is 269 g/mol. The molecule has 0 aliphatic heterocycles. The van der Waals surface area contributed by atoms with Gasteiger partial charge in [-0.05, 0) is 13.8 Å². The Labute approximate surface area is 117 Å². The number of benzene rings is 1. The van der Waals surface area contributed by atoms with Crippen LogP contribution in [0.1, 0.15) is 29.9 Å². The molecule has 0 fully saturated rings. The largest absolute Gasteiger partial charge is 0.354 e. The topological polar surface area (TPSA) is 70.1 Å². The van der Waals surface area contributed by atoms with E-state index in [1.165, 1.54) is 0 Å². The molecular weight excluding hydrogens is 254 g/mol. The summed E-state index contributed by atoms with van der Waals surface area (Å²) in [5, 5.41) is 13.1. The van der Waals surface area contributed by atoms with Gasteiger partial charge in [-0.25, -0.2) is 0 Å². The van der Waals surface area contributed by atoms with Crippen LogP contribution in [0.5, 0.6) is 0 Å². The van der Waals surface area contributed by atoms with Crippen LogP contribution in [0.4, 0.5) is 0 Å². The summed E-state index contributed by atoms with van der Waals surface area (Å²) in [5.41, 5.74) is 0.998. The molecule has 1 aromatic carbocycles. The Kier molecular flexibility index (Phi) is 4.16. The predicted molar refractivity (Wildman–Crippen MR) is 73.9 cm³/mol. The fourth-order valence-electron chi connectivity index (χ4n) is 1.99. The van der Waals surface area contributed by atoms with Crippen molar-refractivity contribution >= 4 is 5.91 Å². The van der Waals surface area contributed by atoms with Crippen molar-refractivity contribution < 1.29 is 9.32 Å². The van der Waals surface area contributed by atoms with Gasteiger partial charge in [-0.2, -0.15) is 5.26 Å². The number of hydrogen-bond donors (Lipinski definition) is 0. The van der Waals surface area contributed by atoms with Crippen molar-refractivity contribution in [3.63, 3.8) is 0 Å². The maximum Gasteiger partial charge on any atom is 0.277 e. The smallest absolute Gasteiger partial charge is 0.277 e. The van der Waals surface area contributed by atoms with Gasteiger partial charge < -0.3 is 9.42 Å². The predicted octanol–water partition coefficient (Wildman–Crippen LogP) is 2.70. The molecule has 2 rings (SSSR count). The number of nitriles is 1. The minimum absolute atomic E-state index is 0.0788. The third kappa shape index (κ3) is 2.41. The summed E-state index contributed by atoms with van der Waals surface area (Å²) in [6, 6.07) is 11.2. The van der Waals surface area contributed by atoms with Crippen LogP contribution in [0, 0.1) is 11.3 Å². The first-order valence-electron chi connectivity index (χ1n) is 6.47. The first-order valence-corrected chi connectivity index (χ1v) is 6.47. The molecular formula is C15H15N3O2. The third-order valence-electron chi connectivity index (χ3n) is 3.09. The highest BCUT2D eigenvalue weighted by molar-refractivity contribution is 5.96. The molecule has 0 saturated heterocycles. The van der Waals surface area contributed by atoms with Gasteiger partial charge in [0.15, 0.2) is 11.5 Å². The fourth-order valence-corrected chi connectivity index (χ4v) is 1.99. The van der Waals surface area contributed by atoms with Crippen LogP contribution in [-0.4, -0.2) is 29.1 Å². The maximum atomic E-state index is 12.3. The molecule has 0 spiro atoms. The minimum atomic E-state index is -0.280. The van der Waals surface area contributed by atoms with Gasteiger partial charge in [0.25, 0.3) is 5.91 Å². The van der Waals surface area contributed by atoms with Crippen molar-refractivity contribution in [1.82, 2.24) is 10.1 Å². The SMILES string of the molecule is CCN(CC)C(=O)c1noc(-c2ccccc2)c1C#N. The van der Waals surface area contributed by atoms with Crippen LogP contribution in [0.3, 0.4) is 0 Å². The number of nitrogens with zero attached hydrogens (tertiary/aromatic N) is 3. The molecule has 102 valence electrons. The van der Waals surface area contributed by atoms with Gasteiger partial charge in [0, 0.05) is 18.7 Å². The van der Waals surface area contributed by atoms with Crippen molar-refractivity contribution in [2.45, 2.75) is 13.8 Å². The normalized spacial score (nSPS) is 10.1. The summed E-state index contributed by atoms with van der Waals surface area (Å²) in [5.74, 6) is 0.0566. The summed E-state index contributed by atoms with van der Waals surface area (Å²) in [7, 11) is 0. The zero-order chi connectivity index (χ0) is 14.5. The Hall–Kier alpha value is -2.61. The van der Waals surface area contributed by atoms with E-state index in [1.807, 2.05) is 50.2 Å². The number of aromatic nitrogens is 1. The van der Waals surface area contributed by atoms with Crippen LogP contribution in [0.2, 0.25) is 0 Å². The summed E-state index contributed by atoms with van der Waals surface area (Å²) in [4.78, 5) is 13.9. The second kappa shape index (κ2) is 6.02. The lowest BCUT2D eigenvalue weighted by molar-refractivity contribution is 0.0762. The Morgan fingerprint density at radius 2 is 1.95 bits per heavy atom. The van der Waals surface area contributed by atoms with Crippen LogP contribution >= 0.6 is 0 Å².